The van der Waals surface area contributed by atoms with Gasteiger partial charge in [-0.25, -0.2) is 8.42 Å². The number of sulfonamides is 1. The number of piperazine rings is 1. The van der Waals surface area contributed by atoms with E-state index in [-0.39, 0.29) is 4.90 Å². The van der Waals surface area contributed by atoms with E-state index in [1.54, 1.807) is 18.2 Å². The molecule has 0 spiro atoms. The molecule has 3 aromatic rings. The molecule has 2 aromatic carbocycles. The molecule has 162 valence electrons. The van der Waals surface area contributed by atoms with Crippen LogP contribution in [0.5, 0.6) is 0 Å². The van der Waals surface area contributed by atoms with Gasteiger partial charge in [-0.05, 0) is 73.9 Å². The van der Waals surface area contributed by atoms with Crippen molar-refractivity contribution in [1.29, 1.82) is 0 Å². The van der Waals surface area contributed by atoms with Crippen LogP contribution in [0.4, 0.5) is 5.82 Å². The Balaban J connectivity index is 1.47. The number of hydrogen-bond acceptors (Lipinski definition) is 5. The zero-order valence-electron chi connectivity index (χ0n) is 17.8. The second kappa shape index (κ2) is 8.57. The maximum absolute atomic E-state index is 12.9. The lowest BCUT2D eigenvalue weighted by Crippen LogP contribution is -2.49. The van der Waals surface area contributed by atoms with Gasteiger partial charge < -0.3 is 4.90 Å². The van der Waals surface area contributed by atoms with Crippen LogP contribution in [0.25, 0.3) is 11.3 Å². The van der Waals surface area contributed by atoms with Gasteiger partial charge in [0, 0.05) is 36.8 Å². The fourth-order valence-electron chi connectivity index (χ4n) is 3.81. The Morgan fingerprint density at radius 1 is 0.839 bits per heavy atom. The number of aromatic nitrogens is 2. The van der Waals surface area contributed by atoms with Gasteiger partial charge in [-0.2, -0.15) is 4.31 Å². The maximum Gasteiger partial charge on any atom is 0.243 e. The number of aryl methyl sites for hydroxylation is 3. The quantitative estimate of drug-likeness (QED) is 0.587. The minimum absolute atomic E-state index is 0.223. The average Bonchev–Trinajstić information content (AvgIpc) is 2.76. The van der Waals surface area contributed by atoms with Crippen molar-refractivity contribution in [3.63, 3.8) is 0 Å². The standard InChI is InChI=1S/C23H25ClN4O2S/c1-16-13-18(3)21(14-17(16)2)22-7-8-23(26-25-22)27-9-11-28(12-10-27)31(29,30)20-6-4-5-19(24)15-20/h4-8,13-15H,9-12H2,1-3H3. The Hall–Kier alpha value is -2.48. The van der Waals surface area contributed by atoms with E-state index in [1.165, 1.54) is 27.1 Å². The van der Waals surface area contributed by atoms with Crippen molar-refractivity contribution in [2.75, 3.05) is 31.1 Å². The van der Waals surface area contributed by atoms with E-state index >= 15 is 0 Å². The van der Waals surface area contributed by atoms with Crippen LogP contribution in [0.1, 0.15) is 16.7 Å². The zero-order chi connectivity index (χ0) is 22.2. The summed E-state index contributed by atoms with van der Waals surface area (Å²) in [6, 6.07) is 14.6. The first-order chi connectivity index (χ1) is 14.8. The molecule has 4 rings (SSSR count). The van der Waals surface area contributed by atoms with Crippen molar-refractivity contribution < 1.29 is 8.42 Å². The lowest BCUT2D eigenvalue weighted by atomic mass is 9.99. The molecule has 0 bridgehead atoms. The number of rotatable bonds is 4. The third-order valence-corrected chi connectivity index (χ3v) is 7.89. The van der Waals surface area contributed by atoms with E-state index in [2.05, 4.69) is 48.0 Å². The van der Waals surface area contributed by atoms with Gasteiger partial charge >= 0.3 is 0 Å². The molecule has 8 heteroatoms. The van der Waals surface area contributed by atoms with Crippen LogP contribution in [-0.2, 0) is 10.0 Å². The Bertz CT molecular complexity index is 1200. The molecular formula is C23H25ClN4O2S. The SMILES string of the molecule is Cc1cc(C)c(-c2ccc(N3CCN(S(=O)(=O)c4cccc(Cl)c4)CC3)nn2)cc1C. The molecule has 0 saturated carbocycles. The molecule has 1 aromatic heterocycles. The van der Waals surface area contributed by atoms with Crippen molar-refractivity contribution >= 4 is 27.4 Å². The van der Waals surface area contributed by atoms with Gasteiger partial charge in [-0.3, -0.25) is 0 Å². The third-order valence-electron chi connectivity index (χ3n) is 5.76. The first-order valence-corrected chi connectivity index (χ1v) is 12.0. The number of benzene rings is 2. The van der Waals surface area contributed by atoms with Crippen LogP contribution in [0.2, 0.25) is 5.02 Å². The Morgan fingerprint density at radius 3 is 2.19 bits per heavy atom. The molecule has 2 heterocycles. The summed E-state index contributed by atoms with van der Waals surface area (Å²) in [7, 11) is -3.56. The predicted molar refractivity (Wildman–Crippen MR) is 124 cm³/mol. The molecule has 0 unspecified atom stereocenters. The van der Waals surface area contributed by atoms with Crippen LogP contribution < -0.4 is 4.90 Å². The van der Waals surface area contributed by atoms with Gasteiger partial charge in [0.25, 0.3) is 0 Å². The molecule has 31 heavy (non-hydrogen) atoms. The monoisotopic (exact) mass is 456 g/mol. The Morgan fingerprint density at radius 2 is 1.55 bits per heavy atom. The topological polar surface area (TPSA) is 66.4 Å². The van der Waals surface area contributed by atoms with Crippen LogP contribution in [0.15, 0.2) is 53.4 Å². The summed E-state index contributed by atoms with van der Waals surface area (Å²) in [4.78, 5) is 2.29. The van der Waals surface area contributed by atoms with E-state index in [9.17, 15) is 8.42 Å². The molecule has 1 aliphatic rings. The van der Waals surface area contributed by atoms with Gasteiger partial charge in [0.2, 0.25) is 10.0 Å². The van der Waals surface area contributed by atoms with Gasteiger partial charge in [0.05, 0.1) is 10.6 Å². The number of nitrogens with zero attached hydrogens (tertiary/aromatic N) is 4. The van der Waals surface area contributed by atoms with Crippen LogP contribution in [0, 0.1) is 20.8 Å². The lowest BCUT2D eigenvalue weighted by molar-refractivity contribution is 0.383. The van der Waals surface area contributed by atoms with Crippen LogP contribution in [-0.4, -0.2) is 49.1 Å². The fraction of sp³-hybridized carbons (Fsp3) is 0.304. The minimum atomic E-state index is -3.56. The highest BCUT2D eigenvalue weighted by Gasteiger charge is 2.29. The highest BCUT2D eigenvalue weighted by atomic mass is 35.5. The summed E-state index contributed by atoms with van der Waals surface area (Å²) < 4.78 is 27.3. The summed E-state index contributed by atoms with van der Waals surface area (Å²) >= 11 is 5.97. The fourth-order valence-corrected chi connectivity index (χ4v) is 5.53. The molecule has 6 nitrogen and oxygen atoms in total. The normalized spacial score (nSPS) is 15.3. The number of hydrogen-bond donors (Lipinski definition) is 0. The molecule has 0 aliphatic carbocycles. The summed E-state index contributed by atoms with van der Waals surface area (Å²) in [6.45, 7) is 8.15. The molecular weight excluding hydrogens is 432 g/mol. The van der Waals surface area contributed by atoms with Crippen molar-refractivity contribution in [1.82, 2.24) is 14.5 Å². The van der Waals surface area contributed by atoms with E-state index in [0.717, 1.165) is 17.1 Å². The first-order valence-electron chi connectivity index (χ1n) is 10.2. The second-order valence-corrected chi connectivity index (χ2v) is 10.3. The molecule has 1 saturated heterocycles. The van der Waals surface area contributed by atoms with E-state index < -0.39 is 10.0 Å². The van der Waals surface area contributed by atoms with Crippen molar-refractivity contribution in [2.24, 2.45) is 0 Å². The predicted octanol–water partition coefficient (Wildman–Crippen LogP) is 4.23. The highest BCUT2D eigenvalue weighted by molar-refractivity contribution is 7.89. The van der Waals surface area contributed by atoms with Crippen LogP contribution >= 0.6 is 11.6 Å². The lowest BCUT2D eigenvalue weighted by Gasteiger charge is -2.34. The summed E-state index contributed by atoms with van der Waals surface area (Å²) in [5.41, 5.74) is 5.58. The van der Waals surface area contributed by atoms with Crippen LogP contribution in [0.3, 0.4) is 0 Å². The third kappa shape index (κ3) is 4.44. The maximum atomic E-state index is 12.9. The van der Waals surface area contributed by atoms with E-state index in [0.29, 0.717) is 31.2 Å². The van der Waals surface area contributed by atoms with Gasteiger partial charge in [-0.1, -0.05) is 23.7 Å². The molecule has 1 fully saturated rings. The average molecular weight is 457 g/mol. The summed E-state index contributed by atoms with van der Waals surface area (Å²) in [5.74, 6) is 0.755. The van der Waals surface area contributed by atoms with Crippen molar-refractivity contribution in [3.05, 3.63) is 70.2 Å². The minimum Gasteiger partial charge on any atom is -0.352 e. The van der Waals surface area contributed by atoms with Gasteiger partial charge in [0.1, 0.15) is 0 Å². The smallest absolute Gasteiger partial charge is 0.243 e. The summed E-state index contributed by atoms with van der Waals surface area (Å²) in [5, 5.41) is 9.27. The second-order valence-electron chi connectivity index (χ2n) is 7.88. The number of anilines is 1. The summed E-state index contributed by atoms with van der Waals surface area (Å²) in [6.07, 6.45) is 0. The molecule has 0 radical (unpaired) electrons. The van der Waals surface area contributed by atoms with Gasteiger partial charge in [0.15, 0.2) is 5.82 Å². The van der Waals surface area contributed by atoms with E-state index in [1.807, 2.05) is 12.1 Å². The Kier molecular flexibility index (Phi) is 6.01. The van der Waals surface area contributed by atoms with Gasteiger partial charge in [-0.15, -0.1) is 10.2 Å². The zero-order valence-corrected chi connectivity index (χ0v) is 19.4. The highest BCUT2D eigenvalue weighted by Crippen LogP contribution is 2.26. The Labute approximate surface area is 188 Å². The van der Waals surface area contributed by atoms with Crippen molar-refractivity contribution in [3.8, 4) is 11.3 Å². The largest absolute Gasteiger partial charge is 0.352 e. The molecule has 0 atom stereocenters. The van der Waals surface area contributed by atoms with E-state index in [4.69, 9.17) is 11.6 Å². The molecule has 0 amide bonds. The number of halogens is 1. The van der Waals surface area contributed by atoms with Crippen molar-refractivity contribution in [2.45, 2.75) is 25.7 Å². The molecule has 0 N–H and O–H groups in total. The first kappa shape index (κ1) is 21.7. The molecule has 1 aliphatic heterocycles.